The lowest BCUT2D eigenvalue weighted by Crippen LogP contribution is -2.11. The van der Waals surface area contributed by atoms with Gasteiger partial charge in [0, 0.05) is 40.1 Å². The number of fused-ring (bicyclic) bond motifs is 1. The summed E-state index contributed by atoms with van der Waals surface area (Å²) in [6, 6.07) is 72.0. The molecule has 3 nitrogen and oxygen atoms in total. The number of anilines is 6. The highest BCUT2D eigenvalue weighted by Gasteiger charge is 2.18. The highest BCUT2D eigenvalue weighted by atomic mass is 19.1. The molecule has 0 saturated heterocycles. The Balaban J connectivity index is 1.09. The topological polar surface area (TPSA) is 19.4 Å². The standard InChI is InChI=1S/C51H36FN3/c52-41-31-33-45(34-32-41)54(42-16-4-1-5-17-42)49-25-11-10-22-46(49)37-26-28-38(29-27-37)47-23-12-14-39-15-13-24-48(51(39)47)40-30-35-50(53-36-40)55(43-18-6-2-7-19-43)44-20-8-3-9-21-44/h1-36H. The van der Waals surface area contributed by atoms with E-state index in [2.05, 4.69) is 161 Å². The third-order valence-electron chi connectivity index (χ3n) is 9.97. The molecule has 8 aromatic carbocycles. The molecule has 0 amide bonds. The minimum atomic E-state index is -0.261. The van der Waals surface area contributed by atoms with Crippen LogP contribution < -0.4 is 9.80 Å². The van der Waals surface area contributed by atoms with Gasteiger partial charge in [-0.15, -0.1) is 0 Å². The third kappa shape index (κ3) is 6.74. The van der Waals surface area contributed by atoms with E-state index in [-0.39, 0.29) is 5.82 Å². The summed E-state index contributed by atoms with van der Waals surface area (Å²) < 4.78 is 14.0. The maximum Gasteiger partial charge on any atom is 0.137 e. The van der Waals surface area contributed by atoms with Crippen LogP contribution in [0, 0.1) is 5.82 Å². The fourth-order valence-corrected chi connectivity index (χ4v) is 7.40. The first-order valence-electron chi connectivity index (χ1n) is 18.4. The molecule has 9 rings (SSSR count). The van der Waals surface area contributed by atoms with Crippen LogP contribution in [0.1, 0.15) is 0 Å². The SMILES string of the molecule is Fc1ccc(N(c2ccccc2)c2ccccc2-c2ccc(-c3cccc4cccc(-c5ccc(N(c6ccccc6)c6ccccc6)nc5)c34)cc2)cc1. The highest BCUT2D eigenvalue weighted by molar-refractivity contribution is 6.06. The summed E-state index contributed by atoms with van der Waals surface area (Å²) in [6.07, 6.45) is 1.99. The average Bonchev–Trinajstić information content (AvgIpc) is 3.26. The smallest absolute Gasteiger partial charge is 0.137 e. The van der Waals surface area contributed by atoms with Gasteiger partial charge in [-0.3, -0.25) is 4.90 Å². The second kappa shape index (κ2) is 15.0. The molecule has 0 aliphatic heterocycles. The van der Waals surface area contributed by atoms with Crippen molar-refractivity contribution in [2.75, 3.05) is 9.80 Å². The summed E-state index contributed by atoms with van der Waals surface area (Å²) in [6.45, 7) is 0. The molecule has 0 bridgehead atoms. The molecule has 0 saturated carbocycles. The van der Waals surface area contributed by atoms with Gasteiger partial charge < -0.3 is 4.90 Å². The Hall–Kier alpha value is -7.30. The number of hydrogen-bond donors (Lipinski definition) is 0. The van der Waals surface area contributed by atoms with Crippen LogP contribution in [-0.2, 0) is 0 Å². The zero-order valence-corrected chi connectivity index (χ0v) is 30.0. The predicted molar refractivity (Wildman–Crippen MR) is 227 cm³/mol. The lowest BCUT2D eigenvalue weighted by Gasteiger charge is -2.27. The van der Waals surface area contributed by atoms with Gasteiger partial charge in [0.1, 0.15) is 11.6 Å². The first-order valence-corrected chi connectivity index (χ1v) is 18.4. The molecule has 55 heavy (non-hydrogen) atoms. The average molecular weight is 710 g/mol. The molecule has 1 aromatic heterocycles. The number of para-hydroxylation sites is 4. The van der Waals surface area contributed by atoms with E-state index >= 15 is 0 Å². The normalized spacial score (nSPS) is 11.0. The van der Waals surface area contributed by atoms with Crippen molar-refractivity contribution in [2.24, 2.45) is 0 Å². The van der Waals surface area contributed by atoms with E-state index in [9.17, 15) is 4.39 Å². The van der Waals surface area contributed by atoms with Gasteiger partial charge in [-0.1, -0.05) is 133 Å². The summed E-state index contributed by atoms with van der Waals surface area (Å²) in [5, 5.41) is 2.35. The van der Waals surface area contributed by atoms with Crippen molar-refractivity contribution in [1.82, 2.24) is 4.98 Å². The van der Waals surface area contributed by atoms with Crippen LogP contribution >= 0.6 is 0 Å². The van der Waals surface area contributed by atoms with E-state index in [0.717, 1.165) is 67.6 Å². The molecule has 0 spiro atoms. The van der Waals surface area contributed by atoms with Gasteiger partial charge in [0.25, 0.3) is 0 Å². The van der Waals surface area contributed by atoms with Crippen LogP contribution in [-0.4, -0.2) is 4.98 Å². The molecule has 0 unspecified atom stereocenters. The predicted octanol–water partition coefficient (Wildman–Crippen LogP) is 14.3. The van der Waals surface area contributed by atoms with Crippen molar-refractivity contribution in [3.63, 3.8) is 0 Å². The van der Waals surface area contributed by atoms with Gasteiger partial charge in [-0.25, -0.2) is 9.37 Å². The van der Waals surface area contributed by atoms with Gasteiger partial charge in [0.15, 0.2) is 0 Å². The Labute approximate surface area is 320 Å². The molecular formula is C51H36FN3. The summed E-state index contributed by atoms with van der Waals surface area (Å²) in [4.78, 5) is 9.39. The van der Waals surface area contributed by atoms with Gasteiger partial charge in [-0.2, -0.15) is 0 Å². The van der Waals surface area contributed by atoms with Crippen molar-refractivity contribution >= 4 is 45.0 Å². The zero-order chi connectivity index (χ0) is 37.0. The van der Waals surface area contributed by atoms with Crippen LogP contribution in [0.5, 0.6) is 0 Å². The van der Waals surface area contributed by atoms with Crippen LogP contribution in [0.4, 0.5) is 38.6 Å². The number of benzene rings is 8. The molecular weight excluding hydrogens is 674 g/mol. The minimum absolute atomic E-state index is 0.261. The molecule has 1 heterocycles. The molecule has 0 N–H and O–H groups in total. The fourth-order valence-electron chi connectivity index (χ4n) is 7.40. The Kier molecular flexibility index (Phi) is 9.13. The van der Waals surface area contributed by atoms with E-state index in [1.807, 2.05) is 54.7 Å². The van der Waals surface area contributed by atoms with Gasteiger partial charge in [0.05, 0.1) is 5.69 Å². The van der Waals surface area contributed by atoms with E-state index in [1.54, 1.807) is 0 Å². The number of aromatic nitrogens is 1. The van der Waals surface area contributed by atoms with E-state index in [4.69, 9.17) is 4.98 Å². The van der Waals surface area contributed by atoms with Crippen molar-refractivity contribution in [1.29, 1.82) is 0 Å². The Morgan fingerprint density at radius 3 is 1.36 bits per heavy atom. The molecule has 262 valence electrons. The van der Waals surface area contributed by atoms with E-state index in [0.29, 0.717) is 0 Å². The lowest BCUT2D eigenvalue weighted by atomic mass is 9.91. The second-order valence-electron chi connectivity index (χ2n) is 13.4. The molecule has 0 radical (unpaired) electrons. The Bertz CT molecular complexity index is 2630. The number of nitrogens with zero attached hydrogens (tertiary/aromatic N) is 3. The lowest BCUT2D eigenvalue weighted by molar-refractivity contribution is 0.628. The summed E-state index contributed by atoms with van der Waals surface area (Å²) in [5.41, 5.74) is 11.6. The number of hydrogen-bond acceptors (Lipinski definition) is 3. The molecule has 0 aliphatic carbocycles. The van der Waals surface area contributed by atoms with E-state index < -0.39 is 0 Å². The van der Waals surface area contributed by atoms with Crippen LogP contribution in [0.3, 0.4) is 0 Å². The first-order chi connectivity index (χ1) is 27.2. The van der Waals surface area contributed by atoms with Crippen LogP contribution in [0.2, 0.25) is 0 Å². The molecule has 0 aliphatic rings. The fraction of sp³-hybridized carbons (Fsp3) is 0. The monoisotopic (exact) mass is 709 g/mol. The van der Waals surface area contributed by atoms with E-state index in [1.165, 1.54) is 22.9 Å². The van der Waals surface area contributed by atoms with Gasteiger partial charge >= 0.3 is 0 Å². The van der Waals surface area contributed by atoms with Crippen LogP contribution in [0.25, 0.3) is 44.2 Å². The Morgan fingerprint density at radius 2 is 0.800 bits per heavy atom. The van der Waals surface area contributed by atoms with Gasteiger partial charge in [-0.05, 0) is 112 Å². The number of rotatable bonds is 9. The number of pyridine rings is 1. The maximum atomic E-state index is 14.0. The third-order valence-corrected chi connectivity index (χ3v) is 9.97. The van der Waals surface area contributed by atoms with Crippen molar-refractivity contribution in [3.05, 3.63) is 224 Å². The zero-order valence-electron chi connectivity index (χ0n) is 30.0. The molecule has 0 atom stereocenters. The maximum absolute atomic E-state index is 14.0. The second-order valence-corrected chi connectivity index (χ2v) is 13.4. The molecule has 4 heteroatoms. The highest BCUT2D eigenvalue weighted by Crippen LogP contribution is 2.42. The summed E-state index contributed by atoms with van der Waals surface area (Å²) >= 11 is 0. The summed E-state index contributed by atoms with van der Waals surface area (Å²) in [7, 11) is 0. The molecule has 9 aromatic rings. The van der Waals surface area contributed by atoms with Crippen molar-refractivity contribution < 1.29 is 4.39 Å². The minimum Gasteiger partial charge on any atom is -0.310 e. The first kappa shape index (κ1) is 33.5. The Morgan fingerprint density at radius 1 is 0.345 bits per heavy atom. The largest absolute Gasteiger partial charge is 0.310 e. The van der Waals surface area contributed by atoms with Crippen molar-refractivity contribution in [2.45, 2.75) is 0 Å². The number of halogens is 1. The van der Waals surface area contributed by atoms with Gasteiger partial charge in [0.2, 0.25) is 0 Å². The van der Waals surface area contributed by atoms with Crippen LogP contribution in [0.15, 0.2) is 219 Å². The quantitative estimate of drug-likeness (QED) is 0.149. The molecule has 0 fully saturated rings. The summed E-state index contributed by atoms with van der Waals surface area (Å²) in [5.74, 6) is 0.589. The van der Waals surface area contributed by atoms with Crippen molar-refractivity contribution in [3.8, 4) is 33.4 Å².